The molecule has 0 unspecified atom stereocenters. The summed E-state index contributed by atoms with van der Waals surface area (Å²) in [5, 5.41) is 5.01. The van der Waals surface area contributed by atoms with Crippen LogP contribution in [-0.4, -0.2) is 15.1 Å². The number of para-hydroxylation sites is 1. The average Bonchev–Trinajstić information content (AvgIpc) is 2.68. The van der Waals surface area contributed by atoms with Gasteiger partial charge in [0, 0.05) is 11.5 Å². The molecule has 78 valence electrons. The summed E-state index contributed by atoms with van der Waals surface area (Å²) in [6.45, 7) is 0. The summed E-state index contributed by atoms with van der Waals surface area (Å²) in [5.74, 6) is -0.258. The van der Waals surface area contributed by atoms with Crippen molar-refractivity contribution in [2.75, 3.05) is 5.33 Å². The highest BCUT2D eigenvalue weighted by atomic mass is 79.9. The van der Waals surface area contributed by atoms with E-state index in [2.05, 4.69) is 21.0 Å². The van der Waals surface area contributed by atoms with Gasteiger partial charge in [-0.05, 0) is 24.1 Å². The monoisotopic (exact) mass is 268 g/mol. The zero-order valence-corrected chi connectivity index (χ0v) is 9.61. The number of halogens is 2. The third-order valence-electron chi connectivity index (χ3n) is 2.12. The molecule has 0 aliphatic heterocycles. The fourth-order valence-electron chi connectivity index (χ4n) is 1.37. The average molecular weight is 269 g/mol. The topological polar surface area (TPSA) is 17.8 Å². The standard InChI is InChI=1S/C11H10BrFN2/c12-6-5-9-7-14-15(8-9)11-4-2-1-3-10(11)13/h1-4,7-8H,5-6H2. The second kappa shape index (κ2) is 4.57. The van der Waals surface area contributed by atoms with Crippen molar-refractivity contribution in [3.05, 3.63) is 48.0 Å². The maximum Gasteiger partial charge on any atom is 0.148 e. The molecule has 0 aliphatic rings. The molecule has 0 N–H and O–H groups in total. The predicted molar refractivity (Wildman–Crippen MR) is 61.0 cm³/mol. The molecule has 0 fully saturated rings. The van der Waals surface area contributed by atoms with Gasteiger partial charge in [-0.3, -0.25) is 0 Å². The molecule has 4 heteroatoms. The van der Waals surface area contributed by atoms with Crippen molar-refractivity contribution in [1.29, 1.82) is 0 Å². The van der Waals surface area contributed by atoms with Gasteiger partial charge in [0.2, 0.25) is 0 Å². The summed E-state index contributed by atoms with van der Waals surface area (Å²) in [6, 6.07) is 6.60. The summed E-state index contributed by atoms with van der Waals surface area (Å²) >= 11 is 3.35. The summed E-state index contributed by atoms with van der Waals surface area (Å²) in [4.78, 5) is 0. The molecular weight excluding hydrogens is 259 g/mol. The Balaban J connectivity index is 2.33. The molecule has 0 atom stereocenters. The first-order chi connectivity index (χ1) is 7.31. The van der Waals surface area contributed by atoms with Gasteiger partial charge in [0.25, 0.3) is 0 Å². The minimum absolute atomic E-state index is 0.258. The van der Waals surface area contributed by atoms with Crippen LogP contribution in [0.5, 0.6) is 0 Å². The molecule has 2 nitrogen and oxygen atoms in total. The molecule has 0 amide bonds. The lowest BCUT2D eigenvalue weighted by atomic mass is 10.3. The molecule has 15 heavy (non-hydrogen) atoms. The van der Waals surface area contributed by atoms with Crippen LogP contribution in [0.25, 0.3) is 5.69 Å². The van der Waals surface area contributed by atoms with E-state index in [0.717, 1.165) is 17.3 Å². The Labute approximate surface area is 95.9 Å². The molecular formula is C11H10BrFN2. The zero-order chi connectivity index (χ0) is 10.7. The van der Waals surface area contributed by atoms with Crippen LogP contribution in [0, 0.1) is 5.82 Å². The SMILES string of the molecule is Fc1ccccc1-n1cc(CCBr)cn1. The molecule has 2 aromatic rings. The highest BCUT2D eigenvalue weighted by Crippen LogP contribution is 2.12. The van der Waals surface area contributed by atoms with Crippen LogP contribution in [-0.2, 0) is 6.42 Å². The normalized spacial score (nSPS) is 10.5. The Morgan fingerprint density at radius 2 is 2.13 bits per heavy atom. The Bertz CT molecular complexity index is 453. The van der Waals surface area contributed by atoms with E-state index in [0.29, 0.717) is 5.69 Å². The highest BCUT2D eigenvalue weighted by Gasteiger charge is 2.04. The Morgan fingerprint density at radius 3 is 2.87 bits per heavy atom. The second-order valence-corrected chi connectivity index (χ2v) is 3.98. The fourth-order valence-corrected chi connectivity index (χ4v) is 1.83. The maximum atomic E-state index is 13.4. The van der Waals surface area contributed by atoms with E-state index in [-0.39, 0.29) is 5.82 Å². The van der Waals surface area contributed by atoms with E-state index in [1.165, 1.54) is 6.07 Å². The van der Waals surface area contributed by atoms with Crippen LogP contribution >= 0.6 is 15.9 Å². The lowest BCUT2D eigenvalue weighted by Gasteiger charge is -2.01. The molecule has 0 aliphatic carbocycles. The highest BCUT2D eigenvalue weighted by molar-refractivity contribution is 9.09. The van der Waals surface area contributed by atoms with Crippen molar-refractivity contribution in [1.82, 2.24) is 9.78 Å². The third kappa shape index (κ3) is 2.26. The Hall–Kier alpha value is -1.16. The first kappa shape index (κ1) is 10.4. The first-order valence-corrected chi connectivity index (χ1v) is 5.78. The van der Waals surface area contributed by atoms with Gasteiger partial charge in [0.05, 0.1) is 6.20 Å². The lowest BCUT2D eigenvalue weighted by Crippen LogP contribution is -1.97. The maximum absolute atomic E-state index is 13.4. The van der Waals surface area contributed by atoms with Crippen molar-refractivity contribution in [2.45, 2.75) is 6.42 Å². The van der Waals surface area contributed by atoms with Crippen LogP contribution in [0.3, 0.4) is 0 Å². The van der Waals surface area contributed by atoms with Crippen molar-refractivity contribution < 1.29 is 4.39 Å². The van der Waals surface area contributed by atoms with E-state index in [9.17, 15) is 4.39 Å². The summed E-state index contributed by atoms with van der Waals surface area (Å²) in [5.41, 5.74) is 1.58. The van der Waals surface area contributed by atoms with Crippen LogP contribution in [0.1, 0.15) is 5.56 Å². The number of nitrogens with zero attached hydrogens (tertiary/aromatic N) is 2. The molecule has 0 radical (unpaired) electrons. The number of hydrogen-bond donors (Lipinski definition) is 0. The summed E-state index contributed by atoms with van der Waals surface area (Å²) in [6.07, 6.45) is 4.50. The van der Waals surface area contributed by atoms with Gasteiger partial charge in [-0.2, -0.15) is 5.10 Å². The van der Waals surface area contributed by atoms with Gasteiger partial charge in [0.1, 0.15) is 11.5 Å². The van der Waals surface area contributed by atoms with Crippen molar-refractivity contribution in [3.63, 3.8) is 0 Å². The minimum Gasteiger partial charge on any atom is -0.238 e. The van der Waals surface area contributed by atoms with E-state index in [1.54, 1.807) is 29.1 Å². The molecule has 1 heterocycles. The first-order valence-electron chi connectivity index (χ1n) is 4.65. The molecule has 1 aromatic heterocycles. The predicted octanol–water partition coefficient (Wildman–Crippen LogP) is 2.95. The number of benzene rings is 1. The molecule has 0 saturated heterocycles. The van der Waals surface area contributed by atoms with E-state index in [4.69, 9.17) is 0 Å². The van der Waals surface area contributed by atoms with Crippen molar-refractivity contribution in [2.24, 2.45) is 0 Å². The third-order valence-corrected chi connectivity index (χ3v) is 2.52. The second-order valence-electron chi connectivity index (χ2n) is 3.18. The quantitative estimate of drug-likeness (QED) is 0.783. The van der Waals surface area contributed by atoms with E-state index in [1.807, 2.05) is 6.20 Å². The molecule has 0 spiro atoms. The van der Waals surface area contributed by atoms with Crippen LogP contribution in [0.4, 0.5) is 4.39 Å². The van der Waals surface area contributed by atoms with Gasteiger partial charge in [-0.15, -0.1) is 0 Å². The molecule has 0 saturated carbocycles. The number of hydrogen-bond acceptors (Lipinski definition) is 1. The van der Waals surface area contributed by atoms with Gasteiger partial charge in [-0.25, -0.2) is 9.07 Å². The summed E-state index contributed by atoms with van der Waals surface area (Å²) < 4.78 is 15.0. The largest absolute Gasteiger partial charge is 0.238 e. The Kier molecular flexibility index (Phi) is 3.16. The van der Waals surface area contributed by atoms with Crippen LogP contribution < -0.4 is 0 Å². The number of rotatable bonds is 3. The lowest BCUT2D eigenvalue weighted by molar-refractivity contribution is 0.611. The molecule has 2 rings (SSSR count). The molecule has 0 bridgehead atoms. The number of alkyl halides is 1. The van der Waals surface area contributed by atoms with Gasteiger partial charge >= 0.3 is 0 Å². The molecule has 1 aromatic carbocycles. The van der Waals surface area contributed by atoms with Crippen LogP contribution in [0.15, 0.2) is 36.7 Å². The van der Waals surface area contributed by atoms with Gasteiger partial charge in [-0.1, -0.05) is 28.1 Å². The van der Waals surface area contributed by atoms with Gasteiger partial charge in [0.15, 0.2) is 0 Å². The summed E-state index contributed by atoms with van der Waals surface area (Å²) in [7, 11) is 0. The minimum atomic E-state index is -0.258. The smallest absolute Gasteiger partial charge is 0.148 e. The van der Waals surface area contributed by atoms with E-state index >= 15 is 0 Å². The Morgan fingerprint density at radius 1 is 1.33 bits per heavy atom. The van der Waals surface area contributed by atoms with Gasteiger partial charge < -0.3 is 0 Å². The van der Waals surface area contributed by atoms with Crippen molar-refractivity contribution >= 4 is 15.9 Å². The van der Waals surface area contributed by atoms with E-state index < -0.39 is 0 Å². The number of aromatic nitrogens is 2. The van der Waals surface area contributed by atoms with Crippen molar-refractivity contribution in [3.8, 4) is 5.69 Å². The fraction of sp³-hybridized carbons (Fsp3) is 0.182. The zero-order valence-electron chi connectivity index (χ0n) is 8.03. The van der Waals surface area contributed by atoms with Crippen LogP contribution in [0.2, 0.25) is 0 Å². The number of aryl methyl sites for hydroxylation is 1.